The van der Waals surface area contributed by atoms with E-state index in [4.69, 9.17) is 0 Å². The molecule has 0 aliphatic rings. The van der Waals surface area contributed by atoms with Crippen molar-refractivity contribution >= 4 is 0 Å². The highest BCUT2D eigenvalue weighted by Gasteiger charge is 2.02. The number of rotatable bonds is 46. The summed E-state index contributed by atoms with van der Waals surface area (Å²) in [5, 5.41) is 11.8. The molecule has 0 radical (unpaired) electrons. The van der Waals surface area contributed by atoms with E-state index in [1.165, 1.54) is 270 Å². The van der Waals surface area contributed by atoms with Crippen LogP contribution in [0.3, 0.4) is 0 Å². The van der Waals surface area contributed by atoms with Crippen molar-refractivity contribution < 1.29 is 5.21 Å². The fraction of sp³-hybridized carbons (Fsp3) is 1.00. The van der Waals surface area contributed by atoms with Crippen LogP contribution in [0, 0.1) is 0 Å². The van der Waals surface area contributed by atoms with Gasteiger partial charge < -0.3 is 5.21 Å². The Balaban J connectivity index is 3.13. The molecule has 0 aromatic carbocycles. The van der Waals surface area contributed by atoms with E-state index in [-0.39, 0.29) is 0 Å². The van der Waals surface area contributed by atoms with Gasteiger partial charge in [0.25, 0.3) is 0 Å². The van der Waals surface area contributed by atoms with Gasteiger partial charge in [0.05, 0.1) is 0 Å². The second-order valence-electron chi connectivity index (χ2n) is 16.8. The van der Waals surface area contributed by atoms with Crippen LogP contribution in [0.1, 0.15) is 296 Å². The minimum atomic E-state index is 0.873. The molecule has 0 rings (SSSR count). The van der Waals surface area contributed by atoms with Crippen LogP contribution in [-0.2, 0) is 0 Å². The second kappa shape index (κ2) is 46.9. The Labute approximate surface area is 318 Å². The lowest BCUT2D eigenvalue weighted by atomic mass is 10.0. The van der Waals surface area contributed by atoms with Crippen LogP contribution >= 0.6 is 0 Å². The van der Waals surface area contributed by atoms with Gasteiger partial charge in [0.1, 0.15) is 0 Å². The Morgan fingerprint density at radius 1 is 0.200 bits per heavy atom. The zero-order valence-corrected chi connectivity index (χ0v) is 35.4. The third kappa shape index (κ3) is 45.9. The lowest BCUT2D eigenvalue weighted by molar-refractivity contribution is -0.0925. The van der Waals surface area contributed by atoms with E-state index in [0.29, 0.717) is 0 Å². The van der Waals surface area contributed by atoms with E-state index in [1.54, 1.807) is 5.06 Å². The van der Waals surface area contributed by atoms with E-state index in [9.17, 15) is 5.21 Å². The first-order chi connectivity index (χ1) is 24.8. The molecule has 0 aliphatic heterocycles. The fourth-order valence-electron chi connectivity index (χ4n) is 7.92. The maximum Gasteiger partial charge on any atom is 0.0238 e. The van der Waals surface area contributed by atoms with Gasteiger partial charge in [-0.25, -0.2) is 0 Å². The first-order valence-electron chi connectivity index (χ1n) is 24.2. The molecule has 1 N–H and O–H groups in total. The fourth-order valence-corrected chi connectivity index (χ4v) is 7.92. The number of hydroxylamine groups is 2. The molecule has 0 atom stereocenters. The largest absolute Gasteiger partial charge is 0.314 e. The second-order valence-corrected chi connectivity index (χ2v) is 16.8. The molecule has 0 bridgehead atoms. The smallest absolute Gasteiger partial charge is 0.0238 e. The predicted octanol–water partition coefficient (Wildman–Crippen LogP) is 17.9. The summed E-state index contributed by atoms with van der Waals surface area (Å²) in [5.74, 6) is 0. The average molecular weight is 706 g/mol. The highest BCUT2D eigenvalue weighted by molar-refractivity contribution is 4.55. The van der Waals surface area contributed by atoms with Crippen LogP contribution < -0.4 is 0 Å². The summed E-state index contributed by atoms with van der Waals surface area (Å²) in [4.78, 5) is 0. The molecule has 0 fully saturated rings. The Morgan fingerprint density at radius 3 is 0.460 bits per heavy atom. The van der Waals surface area contributed by atoms with Gasteiger partial charge in [-0.3, -0.25) is 0 Å². The number of hydrogen-bond donors (Lipinski definition) is 1. The Hall–Kier alpha value is -0.0800. The molecule has 0 saturated carbocycles. The zero-order chi connectivity index (χ0) is 36.1. The van der Waals surface area contributed by atoms with Gasteiger partial charge in [0, 0.05) is 13.1 Å². The lowest BCUT2D eigenvalue weighted by Gasteiger charge is -2.14. The predicted molar refractivity (Wildman–Crippen MR) is 228 cm³/mol. The summed E-state index contributed by atoms with van der Waals surface area (Å²) in [7, 11) is 0. The molecule has 2 heteroatoms. The van der Waals surface area contributed by atoms with Crippen molar-refractivity contribution in [2.45, 2.75) is 296 Å². The van der Waals surface area contributed by atoms with Crippen LogP contribution in [0.4, 0.5) is 0 Å². The third-order valence-electron chi connectivity index (χ3n) is 11.5. The Kier molecular flexibility index (Phi) is 46.9. The van der Waals surface area contributed by atoms with Crippen LogP contribution in [0.2, 0.25) is 0 Å². The minimum Gasteiger partial charge on any atom is -0.314 e. The SMILES string of the molecule is CCCCCCCCCCCCCCCCCCCCCCCCCCCCCCN(O)CCCCCCCCCCCCCCCCCC. The molecule has 0 heterocycles. The first-order valence-corrected chi connectivity index (χ1v) is 24.2. The minimum absolute atomic E-state index is 0.873. The molecule has 0 aromatic heterocycles. The van der Waals surface area contributed by atoms with Crippen molar-refractivity contribution in [3.05, 3.63) is 0 Å². The van der Waals surface area contributed by atoms with E-state index in [2.05, 4.69) is 13.8 Å². The molecule has 302 valence electrons. The molecule has 0 saturated heterocycles. The molecule has 0 aliphatic carbocycles. The highest BCUT2D eigenvalue weighted by Crippen LogP contribution is 2.17. The molecule has 0 spiro atoms. The molecule has 2 nitrogen and oxygen atoms in total. The van der Waals surface area contributed by atoms with Crippen molar-refractivity contribution in [2.75, 3.05) is 13.1 Å². The van der Waals surface area contributed by atoms with Crippen molar-refractivity contribution in [1.82, 2.24) is 5.06 Å². The molecule has 0 unspecified atom stereocenters. The Bertz CT molecular complexity index is 564. The van der Waals surface area contributed by atoms with E-state index in [1.807, 2.05) is 0 Å². The average Bonchev–Trinajstić information content (AvgIpc) is 3.12. The van der Waals surface area contributed by atoms with Crippen molar-refractivity contribution in [2.24, 2.45) is 0 Å². The summed E-state index contributed by atoms with van der Waals surface area (Å²) in [6.45, 7) is 6.35. The molecule has 50 heavy (non-hydrogen) atoms. The lowest BCUT2D eigenvalue weighted by Crippen LogP contribution is -2.21. The van der Waals surface area contributed by atoms with Crippen LogP contribution in [0.5, 0.6) is 0 Å². The third-order valence-corrected chi connectivity index (χ3v) is 11.5. The van der Waals surface area contributed by atoms with E-state index < -0.39 is 0 Å². The maximum absolute atomic E-state index is 10.2. The van der Waals surface area contributed by atoms with Crippen molar-refractivity contribution in [1.29, 1.82) is 0 Å². The standard InChI is InChI=1S/C48H99NO/c1-3-5-7-9-11-13-15-17-19-21-22-23-24-25-26-27-28-29-30-31-32-34-36-38-40-42-44-46-48-49(50)47-45-43-41-39-37-35-33-20-18-16-14-12-10-8-6-4-2/h50H,3-48H2,1-2H3. The van der Waals surface area contributed by atoms with Gasteiger partial charge in [-0.1, -0.05) is 284 Å². The summed E-state index contributed by atoms with van der Waals surface area (Å²) in [6.07, 6.45) is 62.8. The zero-order valence-electron chi connectivity index (χ0n) is 35.4. The summed E-state index contributed by atoms with van der Waals surface area (Å²) < 4.78 is 0. The number of unbranched alkanes of at least 4 members (excludes halogenated alkanes) is 42. The summed E-state index contributed by atoms with van der Waals surface area (Å²) >= 11 is 0. The van der Waals surface area contributed by atoms with Gasteiger partial charge in [-0.15, -0.1) is 0 Å². The maximum atomic E-state index is 10.2. The number of hydrogen-bond acceptors (Lipinski definition) is 2. The van der Waals surface area contributed by atoms with Gasteiger partial charge in [-0.2, -0.15) is 5.06 Å². The molecule has 0 aromatic rings. The number of nitrogens with zero attached hydrogens (tertiary/aromatic N) is 1. The summed E-state index contributed by atoms with van der Waals surface area (Å²) in [5.41, 5.74) is 0. The normalized spacial score (nSPS) is 11.8. The molecule has 0 amide bonds. The van der Waals surface area contributed by atoms with Crippen LogP contribution in [0.25, 0.3) is 0 Å². The highest BCUT2D eigenvalue weighted by atomic mass is 16.5. The van der Waals surface area contributed by atoms with Gasteiger partial charge in [-0.05, 0) is 12.8 Å². The monoisotopic (exact) mass is 706 g/mol. The van der Waals surface area contributed by atoms with E-state index in [0.717, 1.165) is 25.9 Å². The van der Waals surface area contributed by atoms with Crippen LogP contribution in [-0.4, -0.2) is 23.4 Å². The quantitative estimate of drug-likeness (QED) is 0.0503. The van der Waals surface area contributed by atoms with E-state index >= 15 is 0 Å². The summed E-state index contributed by atoms with van der Waals surface area (Å²) in [6, 6.07) is 0. The van der Waals surface area contributed by atoms with Gasteiger partial charge >= 0.3 is 0 Å². The first kappa shape index (κ1) is 49.9. The van der Waals surface area contributed by atoms with Crippen LogP contribution in [0.15, 0.2) is 0 Å². The topological polar surface area (TPSA) is 23.5 Å². The van der Waals surface area contributed by atoms with Gasteiger partial charge in [0.2, 0.25) is 0 Å². The van der Waals surface area contributed by atoms with Gasteiger partial charge in [0.15, 0.2) is 0 Å². The van der Waals surface area contributed by atoms with Crippen molar-refractivity contribution in [3.8, 4) is 0 Å². The Morgan fingerprint density at radius 2 is 0.320 bits per heavy atom. The van der Waals surface area contributed by atoms with Crippen molar-refractivity contribution in [3.63, 3.8) is 0 Å². The molecular formula is C48H99NO. The molecular weight excluding hydrogens is 607 g/mol.